The number of aliphatic hydroxyl groups excluding tert-OH is 7. The zero-order valence-corrected chi connectivity index (χ0v) is 54.5. The number of carbonyl (C=O) groups is 1. The molecular formula is C72H139NO10. The van der Waals surface area contributed by atoms with Crippen molar-refractivity contribution in [3.8, 4) is 0 Å². The van der Waals surface area contributed by atoms with Gasteiger partial charge in [0.05, 0.1) is 25.4 Å². The van der Waals surface area contributed by atoms with E-state index in [2.05, 4.69) is 43.5 Å². The maximum atomic E-state index is 13.2. The Morgan fingerprint density at radius 1 is 0.410 bits per heavy atom. The van der Waals surface area contributed by atoms with E-state index in [1.807, 2.05) is 0 Å². The van der Waals surface area contributed by atoms with Gasteiger partial charge in [0.1, 0.15) is 36.6 Å². The molecule has 0 radical (unpaired) electrons. The van der Waals surface area contributed by atoms with Crippen LogP contribution in [0.1, 0.15) is 361 Å². The topological polar surface area (TPSA) is 189 Å². The summed E-state index contributed by atoms with van der Waals surface area (Å²) in [6.07, 6.45) is 65.6. The number of amides is 1. The van der Waals surface area contributed by atoms with Crippen LogP contribution in [0.2, 0.25) is 0 Å². The molecule has 0 aliphatic carbocycles. The molecule has 1 rings (SSSR count). The number of carbonyl (C=O) groups excluding carboxylic acids is 1. The number of nitrogens with one attached hydrogen (secondary N) is 1. The summed E-state index contributed by atoms with van der Waals surface area (Å²) >= 11 is 0. The zero-order valence-electron chi connectivity index (χ0n) is 54.5. The molecular weight excluding hydrogens is 1040 g/mol. The van der Waals surface area contributed by atoms with Gasteiger partial charge in [0.15, 0.2) is 6.29 Å². The summed E-state index contributed by atoms with van der Waals surface area (Å²) in [5, 5.41) is 76.5. The van der Waals surface area contributed by atoms with Crippen molar-refractivity contribution in [3.63, 3.8) is 0 Å². The second kappa shape index (κ2) is 60.9. The molecule has 492 valence electrons. The summed E-state index contributed by atoms with van der Waals surface area (Å²) < 4.78 is 11.2. The Labute approximate surface area is 512 Å². The molecule has 0 bridgehead atoms. The lowest BCUT2D eigenvalue weighted by Crippen LogP contribution is -2.60. The third-order valence-electron chi connectivity index (χ3n) is 17.7. The van der Waals surface area contributed by atoms with E-state index in [0.29, 0.717) is 19.3 Å². The van der Waals surface area contributed by atoms with Gasteiger partial charge in [0.25, 0.3) is 0 Å². The molecule has 9 unspecified atom stereocenters. The first-order chi connectivity index (χ1) is 40.7. The number of hydrogen-bond donors (Lipinski definition) is 8. The molecule has 0 aromatic carbocycles. The van der Waals surface area contributed by atoms with Gasteiger partial charge in [-0.25, -0.2) is 0 Å². The van der Waals surface area contributed by atoms with Crippen LogP contribution >= 0.6 is 0 Å². The molecule has 9 atom stereocenters. The molecule has 1 heterocycles. The molecule has 1 aliphatic rings. The lowest BCUT2D eigenvalue weighted by molar-refractivity contribution is -0.303. The highest BCUT2D eigenvalue weighted by Crippen LogP contribution is 2.24. The summed E-state index contributed by atoms with van der Waals surface area (Å²) in [5.41, 5.74) is 0. The highest BCUT2D eigenvalue weighted by molar-refractivity contribution is 5.80. The van der Waals surface area contributed by atoms with Gasteiger partial charge in [-0.3, -0.25) is 4.79 Å². The molecule has 1 amide bonds. The minimum atomic E-state index is -1.67. The Morgan fingerprint density at radius 3 is 1.07 bits per heavy atom. The molecule has 0 saturated carbocycles. The van der Waals surface area contributed by atoms with Crippen LogP contribution in [0.25, 0.3) is 0 Å². The fraction of sp³-hybridized carbons (Fsp3) is 0.931. The van der Waals surface area contributed by atoms with Crippen molar-refractivity contribution in [2.24, 2.45) is 0 Å². The summed E-state index contributed by atoms with van der Waals surface area (Å²) in [6.45, 7) is 3.50. The second-order valence-electron chi connectivity index (χ2n) is 25.7. The maximum absolute atomic E-state index is 13.2. The van der Waals surface area contributed by atoms with Crippen LogP contribution < -0.4 is 5.32 Å². The first-order valence-electron chi connectivity index (χ1n) is 36.2. The standard InChI is InChI=1S/C72H139NO10/c1-3-5-7-9-11-13-15-17-19-21-23-25-27-29-30-31-32-33-34-35-36-38-39-41-43-45-47-49-51-53-55-57-59-64(75)67(77)63(62-82-72-70(80)69(79)68(78)66(61-74)83-72)73-71(81)65(76)60-58-56-54-52-50-48-46-44-42-40-37-28-26-24-22-20-18-16-14-12-10-8-6-4-2/h43,45,51,53,63-70,72,74-80H,3-42,44,46-50,52,54-62H2,1-2H3,(H,73,81)/b45-43+,53-51+. The zero-order chi connectivity index (χ0) is 60.3. The van der Waals surface area contributed by atoms with Crippen LogP contribution in [0.3, 0.4) is 0 Å². The minimum absolute atomic E-state index is 0.249. The monoisotopic (exact) mass is 1180 g/mol. The minimum Gasteiger partial charge on any atom is -0.394 e. The third-order valence-corrected chi connectivity index (χ3v) is 17.7. The predicted octanol–water partition coefficient (Wildman–Crippen LogP) is 17.6. The van der Waals surface area contributed by atoms with Gasteiger partial charge >= 0.3 is 0 Å². The smallest absolute Gasteiger partial charge is 0.249 e. The number of unbranched alkanes of at least 4 members (excludes halogenated alkanes) is 48. The second-order valence-corrected chi connectivity index (χ2v) is 25.7. The lowest BCUT2D eigenvalue weighted by atomic mass is 9.98. The number of aliphatic hydroxyl groups is 7. The summed E-state index contributed by atoms with van der Waals surface area (Å²) in [4.78, 5) is 13.2. The van der Waals surface area contributed by atoms with E-state index in [0.717, 1.165) is 38.5 Å². The fourth-order valence-electron chi connectivity index (χ4n) is 11.9. The van der Waals surface area contributed by atoms with Gasteiger partial charge in [-0.1, -0.05) is 334 Å². The van der Waals surface area contributed by atoms with Crippen LogP contribution in [0.5, 0.6) is 0 Å². The van der Waals surface area contributed by atoms with Gasteiger partial charge in [-0.2, -0.15) is 0 Å². The third kappa shape index (κ3) is 48.2. The van der Waals surface area contributed by atoms with Crippen molar-refractivity contribution in [2.75, 3.05) is 13.2 Å². The number of rotatable bonds is 64. The Hall–Kier alpha value is -1.41. The molecule has 0 spiro atoms. The van der Waals surface area contributed by atoms with Crippen LogP contribution in [-0.2, 0) is 14.3 Å². The van der Waals surface area contributed by atoms with Crippen molar-refractivity contribution >= 4 is 5.91 Å². The van der Waals surface area contributed by atoms with E-state index in [1.165, 1.54) is 276 Å². The highest BCUT2D eigenvalue weighted by Gasteiger charge is 2.44. The van der Waals surface area contributed by atoms with E-state index in [9.17, 15) is 40.5 Å². The molecule has 11 heteroatoms. The van der Waals surface area contributed by atoms with Crippen molar-refractivity contribution in [1.29, 1.82) is 0 Å². The normalized spacial score (nSPS) is 19.1. The predicted molar refractivity (Wildman–Crippen MR) is 349 cm³/mol. The number of allylic oxidation sites excluding steroid dienone is 4. The largest absolute Gasteiger partial charge is 0.394 e. The van der Waals surface area contributed by atoms with E-state index in [1.54, 1.807) is 0 Å². The van der Waals surface area contributed by atoms with Gasteiger partial charge in [0.2, 0.25) is 5.91 Å². The summed E-state index contributed by atoms with van der Waals surface area (Å²) in [7, 11) is 0. The molecule has 0 aromatic heterocycles. The molecule has 0 aromatic rings. The van der Waals surface area contributed by atoms with Gasteiger partial charge in [-0.15, -0.1) is 0 Å². The molecule has 1 aliphatic heterocycles. The maximum Gasteiger partial charge on any atom is 0.249 e. The average Bonchev–Trinajstić information content (AvgIpc) is 3.69. The lowest BCUT2D eigenvalue weighted by Gasteiger charge is -2.40. The number of hydrogen-bond acceptors (Lipinski definition) is 10. The molecule has 1 saturated heterocycles. The number of ether oxygens (including phenoxy) is 2. The first-order valence-corrected chi connectivity index (χ1v) is 36.2. The van der Waals surface area contributed by atoms with Crippen molar-refractivity contribution in [3.05, 3.63) is 24.3 Å². The van der Waals surface area contributed by atoms with E-state index >= 15 is 0 Å². The highest BCUT2D eigenvalue weighted by atomic mass is 16.7. The fourth-order valence-corrected chi connectivity index (χ4v) is 11.9. The SMILES string of the molecule is CCCCCCCCCCCCCCCCCCCCCCCCC/C=C/CC/C=C/CCCC(O)C(O)C(COC1OC(CO)C(O)C(O)C1O)NC(=O)C(O)CCCCCCCCCCCCCCCCCCCCCCCCCC. The molecule has 83 heavy (non-hydrogen) atoms. The van der Waals surface area contributed by atoms with Gasteiger partial charge in [0, 0.05) is 0 Å². The average molecular weight is 1180 g/mol. The Bertz CT molecular complexity index is 1400. The molecule has 1 fully saturated rings. The van der Waals surface area contributed by atoms with Crippen molar-refractivity contribution in [2.45, 2.75) is 416 Å². The van der Waals surface area contributed by atoms with Crippen LogP contribution in [0.15, 0.2) is 24.3 Å². The Morgan fingerprint density at radius 2 is 0.723 bits per heavy atom. The Balaban J connectivity index is 2.20. The van der Waals surface area contributed by atoms with Crippen molar-refractivity contribution < 1.29 is 50.0 Å². The van der Waals surface area contributed by atoms with Crippen LogP contribution in [0, 0.1) is 0 Å². The molecule has 11 nitrogen and oxygen atoms in total. The molecule has 8 N–H and O–H groups in total. The Kier molecular flexibility index (Phi) is 58.4. The first kappa shape index (κ1) is 79.6. The van der Waals surface area contributed by atoms with Gasteiger partial charge < -0.3 is 50.5 Å². The van der Waals surface area contributed by atoms with E-state index < -0.39 is 74.2 Å². The summed E-state index contributed by atoms with van der Waals surface area (Å²) in [6, 6.07) is -1.19. The summed E-state index contributed by atoms with van der Waals surface area (Å²) in [5.74, 6) is -0.703. The van der Waals surface area contributed by atoms with E-state index in [-0.39, 0.29) is 12.8 Å². The quantitative estimate of drug-likeness (QED) is 0.0215. The van der Waals surface area contributed by atoms with Crippen LogP contribution in [-0.4, -0.2) is 110 Å². The van der Waals surface area contributed by atoms with Crippen molar-refractivity contribution in [1.82, 2.24) is 5.32 Å². The van der Waals surface area contributed by atoms with E-state index in [4.69, 9.17) is 9.47 Å². The van der Waals surface area contributed by atoms with Gasteiger partial charge in [-0.05, 0) is 51.4 Å². The van der Waals surface area contributed by atoms with Crippen LogP contribution in [0.4, 0.5) is 0 Å².